The number of thioether (sulfide) groups is 1. The van der Waals surface area contributed by atoms with Crippen LogP contribution >= 0.6 is 11.8 Å². The first-order valence-electron chi connectivity index (χ1n) is 5.17. The van der Waals surface area contributed by atoms with E-state index < -0.39 is 0 Å². The lowest BCUT2D eigenvalue weighted by atomic mass is 10.3. The summed E-state index contributed by atoms with van der Waals surface area (Å²) >= 11 is 1.93. The molecule has 0 fully saturated rings. The second-order valence-electron chi connectivity index (χ2n) is 3.45. The van der Waals surface area contributed by atoms with Crippen LogP contribution in [0.5, 0.6) is 5.75 Å². The lowest BCUT2D eigenvalue weighted by Gasteiger charge is -2.12. The van der Waals surface area contributed by atoms with Crippen LogP contribution in [0.15, 0.2) is 18.3 Å². The molecule has 84 valence electrons. The van der Waals surface area contributed by atoms with E-state index in [0.29, 0.717) is 6.04 Å². The van der Waals surface area contributed by atoms with Gasteiger partial charge in [0, 0.05) is 18.3 Å². The third-order valence-electron chi connectivity index (χ3n) is 2.01. The second kappa shape index (κ2) is 6.69. The van der Waals surface area contributed by atoms with Crippen molar-refractivity contribution in [2.75, 3.05) is 11.5 Å². The fraction of sp³-hybridized carbons (Fsp3) is 0.545. The van der Waals surface area contributed by atoms with Gasteiger partial charge in [0.1, 0.15) is 5.75 Å². The summed E-state index contributed by atoms with van der Waals surface area (Å²) in [5.74, 6) is 2.49. The standard InChI is InChI=1S/C11H18N2OS/c1-3-15-8-9(2)12-6-10-4-5-11(14)7-13-10/h4-5,7,9,12,14H,3,6,8H2,1-2H3. The molecule has 0 spiro atoms. The van der Waals surface area contributed by atoms with Crippen molar-refractivity contribution in [2.45, 2.75) is 26.4 Å². The minimum atomic E-state index is 0.216. The van der Waals surface area contributed by atoms with E-state index in [4.69, 9.17) is 5.11 Å². The first-order chi connectivity index (χ1) is 7.22. The molecule has 3 nitrogen and oxygen atoms in total. The summed E-state index contributed by atoms with van der Waals surface area (Å²) < 4.78 is 0. The van der Waals surface area contributed by atoms with Crippen LogP contribution in [0, 0.1) is 0 Å². The van der Waals surface area contributed by atoms with Crippen molar-refractivity contribution >= 4 is 11.8 Å². The summed E-state index contributed by atoms with van der Waals surface area (Å²) in [6.45, 7) is 5.09. The number of nitrogens with one attached hydrogen (secondary N) is 1. The van der Waals surface area contributed by atoms with Gasteiger partial charge in [0.25, 0.3) is 0 Å². The van der Waals surface area contributed by atoms with Crippen molar-refractivity contribution in [3.63, 3.8) is 0 Å². The van der Waals surface area contributed by atoms with Crippen LogP contribution < -0.4 is 5.32 Å². The lowest BCUT2D eigenvalue weighted by molar-refractivity contribution is 0.471. The van der Waals surface area contributed by atoms with E-state index in [9.17, 15) is 0 Å². The molecule has 0 radical (unpaired) electrons. The molecule has 0 aliphatic rings. The second-order valence-corrected chi connectivity index (χ2v) is 4.77. The third-order valence-corrected chi connectivity index (χ3v) is 3.16. The van der Waals surface area contributed by atoms with E-state index >= 15 is 0 Å². The van der Waals surface area contributed by atoms with Crippen molar-refractivity contribution in [2.24, 2.45) is 0 Å². The number of pyridine rings is 1. The molecule has 0 aromatic carbocycles. The van der Waals surface area contributed by atoms with Crippen LogP contribution in [-0.4, -0.2) is 27.6 Å². The molecule has 0 aliphatic heterocycles. The van der Waals surface area contributed by atoms with Gasteiger partial charge >= 0.3 is 0 Å². The molecule has 1 heterocycles. The topological polar surface area (TPSA) is 45.1 Å². The molecule has 1 aromatic heterocycles. The molecule has 0 aliphatic carbocycles. The molecular formula is C11H18N2OS. The van der Waals surface area contributed by atoms with Gasteiger partial charge in [-0.2, -0.15) is 11.8 Å². The van der Waals surface area contributed by atoms with E-state index in [1.54, 1.807) is 6.07 Å². The highest BCUT2D eigenvalue weighted by atomic mass is 32.2. The zero-order chi connectivity index (χ0) is 11.1. The van der Waals surface area contributed by atoms with E-state index in [-0.39, 0.29) is 5.75 Å². The Morgan fingerprint density at radius 1 is 1.53 bits per heavy atom. The van der Waals surface area contributed by atoms with Crippen LogP contribution in [0.25, 0.3) is 0 Å². The molecule has 2 N–H and O–H groups in total. The molecule has 1 rings (SSSR count). The molecule has 1 unspecified atom stereocenters. The van der Waals surface area contributed by atoms with E-state index in [2.05, 4.69) is 24.1 Å². The van der Waals surface area contributed by atoms with E-state index in [1.807, 2.05) is 17.8 Å². The van der Waals surface area contributed by atoms with Crippen LogP contribution in [0.2, 0.25) is 0 Å². The minimum Gasteiger partial charge on any atom is -0.506 e. The molecule has 1 aromatic rings. The number of hydrogen-bond donors (Lipinski definition) is 2. The summed E-state index contributed by atoms with van der Waals surface area (Å²) in [7, 11) is 0. The summed E-state index contributed by atoms with van der Waals surface area (Å²) in [6.07, 6.45) is 1.47. The summed E-state index contributed by atoms with van der Waals surface area (Å²) in [6, 6.07) is 3.99. The molecule has 0 saturated heterocycles. The maximum atomic E-state index is 9.06. The Morgan fingerprint density at radius 3 is 2.93 bits per heavy atom. The maximum Gasteiger partial charge on any atom is 0.133 e. The molecule has 1 atom stereocenters. The average Bonchev–Trinajstić information content (AvgIpc) is 2.25. The van der Waals surface area contributed by atoms with Crippen molar-refractivity contribution < 1.29 is 5.11 Å². The van der Waals surface area contributed by atoms with Gasteiger partial charge in [-0.25, -0.2) is 0 Å². The van der Waals surface area contributed by atoms with Crippen LogP contribution in [-0.2, 0) is 6.54 Å². The Bertz CT molecular complexity index is 276. The first-order valence-corrected chi connectivity index (χ1v) is 6.33. The molecule has 15 heavy (non-hydrogen) atoms. The van der Waals surface area contributed by atoms with Gasteiger partial charge in [0.15, 0.2) is 0 Å². The minimum absolute atomic E-state index is 0.216. The van der Waals surface area contributed by atoms with Crippen LogP contribution in [0.1, 0.15) is 19.5 Å². The molecule has 0 amide bonds. The van der Waals surface area contributed by atoms with Crippen molar-refractivity contribution in [1.29, 1.82) is 0 Å². The van der Waals surface area contributed by atoms with Crippen LogP contribution in [0.4, 0.5) is 0 Å². The highest BCUT2D eigenvalue weighted by Crippen LogP contribution is 2.06. The summed E-state index contributed by atoms with van der Waals surface area (Å²) in [4.78, 5) is 4.11. The summed E-state index contributed by atoms with van der Waals surface area (Å²) in [5, 5.41) is 12.5. The Kier molecular flexibility index (Phi) is 5.50. The fourth-order valence-electron chi connectivity index (χ4n) is 1.15. The third kappa shape index (κ3) is 5.04. The molecular weight excluding hydrogens is 208 g/mol. The average molecular weight is 226 g/mol. The van der Waals surface area contributed by atoms with Gasteiger partial charge < -0.3 is 10.4 Å². The Labute approximate surface area is 95.3 Å². The van der Waals surface area contributed by atoms with Gasteiger partial charge in [0.2, 0.25) is 0 Å². The first kappa shape index (κ1) is 12.3. The van der Waals surface area contributed by atoms with Crippen molar-refractivity contribution in [1.82, 2.24) is 10.3 Å². The van der Waals surface area contributed by atoms with Gasteiger partial charge in [-0.3, -0.25) is 4.98 Å². The zero-order valence-electron chi connectivity index (χ0n) is 9.23. The fourth-order valence-corrected chi connectivity index (χ4v) is 1.86. The van der Waals surface area contributed by atoms with Gasteiger partial charge in [-0.15, -0.1) is 0 Å². The van der Waals surface area contributed by atoms with Crippen LogP contribution in [0.3, 0.4) is 0 Å². The van der Waals surface area contributed by atoms with Gasteiger partial charge in [0.05, 0.1) is 11.9 Å². The quantitative estimate of drug-likeness (QED) is 0.779. The Hall–Kier alpha value is -0.740. The molecule has 0 bridgehead atoms. The monoisotopic (exact) mass is 226 g/mol. The molecule has 4 heteroatoms. The van der Waals surface area contributed by atoms with Crippen molar-refractivity contribution in [3.8, 4) is 5.75 Å². The predicted molar refractivity (Wildman–Crippen MR) is 65.2 cm³/mol. The number of rotatable bonds is 6. The maximum absolute atomic E-state index is 9.06. The number of aromatic hydroxyl groups is 1. The van der Waals surface area contributed by atoms with E-state index in [1.165, 1.54) is 6.20 Å². The highest BCUT2D eigenvalue weighted by Gasteiger charge is 2.01. The number of nitrogens with zero attached hydrogens (tertiary/aromatic N) is 1. The molecule has 0 saturated carbocycles. The van der Waals surface area contributed by atoms with E-state index in [0.717, 1.165) is 23.7 Å². The highest BCUT2D eigenvalue weighted by molar-refractivity contribution is 7.99. The number of hydrogen-bond acceptors (Lipinski definition) is 4. The number of aromatic nitrogens is 1. The SMILES string of the molecule is CCSCC(C)NCc1ccc(O)cn1. The van der Waals surface area contributed by atoms with Crippen molar-refractivity contribution in [3.05, 3.63) is 24.0 Å². The largest absolute Gasteiger partial charge is 0.506 e. The van der Waals surface area contributed by atoms with Gasteiger partial charge in [-0.05, 0) is 24.8 Å². The Morgan fingerprint density at radius 2 is 2.33 bits per heavy atom. The normalized spacial score (nSPS) is 12.7. The predicted octanol–water partition coefficient (Wildman–Crippen LogP) is 2.02. The zero-order valence-corrected chi connectivity index (χ0v) is 10.0. The lowest BCUT2D eigenvalue weighted by Crippen LogP contribution is -2.28. The van der Waals surface area contributed by atoms with Gasteiger partial charge in [-0.1, -0.05) is 6.92 Å². The summed E-state index contributed by atoms with van der Waals surface area (Å²) in [5.41, 5.74) is 0.959. The Balaban J connectivity index is 2.27. The smallest absolute Gasteiger partial charge is 0.133 e.